The van der Waals surface area contributed by atoms with Crippen LogP contribution in [0.4, 0.5) is 4.39 Å². The van der Waals surface area contributed by atoms with E-state index in [4.69, 9.17) is 4.74 Å². The van der Waals surface area contributed by atoms with Gasteiger partial charge in [-0.15, -0.1) is 6.58 Å². The quantitative estimate of drug-likeness (QED) is 0.331. The van der Waals surface area contributed by atoms with Crippen molar-refractivity contribution >= 4 is 27.9 Å². The highest BCUT2D eigenvalue weighted by molar-refractivity contribution is 9.10. The Labute approximate surface area is 178 Å². The summed E-state index contributed by atoms with van der Waals surface area (Å²) in [5, 5.41) is 12.0. The highest BCUT2D eigenvalue weighted by atomic mass is 79.9. The lowest BCUT2D eigenvalue weighted by Gasteiger charge is -2.14. The van der Waals surface area contributed by atoms with E-state index in [0.29, 0.717) is 27.8 Å². The van der Waals surface area contributed by atoms with E-state index in [1.807, 2.05) is 26.0 Å². The van der Waals surface area contributed by atoms with E-state index in [9.17, 15) is 14.4 Å². The number of rotatable bonds is 8. The number of halogens is 2. The molecule has 0 spiro atoms. The summed E-state index contributed by atoms with van der Waals surface area (Å²) in [6, 6.07) is 11.9. The highest BCUT2D eigenvalue weighted by Gasteiger charge is 2.14. The van der Waals surface area contributed by atoms with Crippen molar-refractivity contribution in [3.05, 3.63) is 81.6 Å². The maximum atomic E-state index is 13.9. The molecule has 2 aromatic rings. The van der Waals surface area contributed by atoms with Gasteiger partial charge in [-0.2, -0.15) is 5.26 Å². The molecule has 0 saturated heterocycles. The summed E-state index contributed by atoms with van der Waals surface area (Å²) in [5.41, 5.74) is 1.93. The molecule has 0 atom stereocenters. The molecule has 2 rings (SSSR count). The minimum absolute atomic E-state index is 0.00942. The molecule has 29 heavy (non-hydrogen) atoms. The van der Waals surface area contributed by atoms with E-state index in [1.54, 1.807) is 30.3 Å². The van der Waals surface area contributed by atoms with Crippen LogP contribution in [0.1, 0.15) is 30.5 Å². The average molecular weight is 457 g/mol. The second-order valence-electron chi connectivity index (χ2n) is 6.66. The van der Waals surface area contributed by atoms with Gasteiger partial charge in [-0.3, -0.25) is 4.79 Å². The van der Waals surface area contributed by atoms with Crippen LogP contribution in [0.2, 0.25) is 0 Å². The van der Waals surface area contributed by atoms with Crippen molar-refractivity contribution < 1.29 is 13.9 Å². The number of carbonyl (C=O) groups is 1. The topological polar surface area (TPSA) is 62.1 Å². The lowest BCUT2D eigenvalue weighted by molar-refractivity contribution is -0.117. The number of benzene rings is 2. The zero-order valence-electron chi connectivity index (χ0n) is 16.3. The van der Waals surface area contributed by atoms with Gasteiger partial charge in [0.05, 0.1) is 4.47 Å². The third-order valence-corrected chi connectivity index (χ3v) is 4.52. The maximum absolute atomic E-state index is 13.9. The second-order valence-corrected chi connectivity index (χ2v) is 7.52. The van der Waals surface area contributed by atoms with E-state index in [2.05, 4.69) is 27.8 Å². The molecule has 150 valence electrons. The molecule has 0 fully saturated rings. The summed E-state index contributed by atoms with van der Waals surface area (Å²) in [5.74, 6) is -0.192. The molecule has 0 radical (unpaired) electrons. The lowest BCUT2D eigenvalue weighted by atomic mass is 10.0. The van der Waals surface area contributed by atoms with Gasteiger partial charge in [0.2, 0.25) is 0 Å². The molecule has 1 amide bonds. The summed E-state index contributed by atoms with van der Waals surface area (Å²) in [6.07, 6.45) is 3.75. The van der Waals surface area contributed by atoms with E-state index in [-0.39, 0.29) is 24.0 Å². The van der Waals surface area contributed by atoms with Crippen molar-refractivity contribution in [2.24, 2.45) is 0 Å². The van der Waals surface area contributed by atoms with Crippen LogP contribution in [0, 0.1) is 17.1 Å². The molecule has 2 aromatic carbocycles. The Balaban J connectivity index is 2.35. The van der Waals surface area contributed by atoms with Gasteiger partial charge in [0.1, 0.15) is 29.8 Å². The zero-order valence-corrected chi connectivity index (χ0v) is 17.9. The SMILES string of the molecule is C=CCc1cc(/C=C(/C#N)C(=O)NC(C)C)cc(Br)c1OCc1ccccc1F. The summed E-state index contributed by atoms with van der Waals surface area (Å²) >= 11 is 3.48. The molecular formula is C23H22BrFN2O2. The van der Waals surface area contributed by atoms with Crippen molar-refractivity contribution in [3.8, 4) is 11.8 Å². The van der Waals surface area contributed by atoms with Crippen LogP contribution in [0.3, 0.4) is 0 Å². The first-order valence-electron chi connectivity index (χ1n) is 9.07. The molecular weight excluding hydrogens is 435 g/mol. The molecule has 1 N–H and O–H groups in total. The molecule has 0 bridgehead atoms. The summed E-state index contributed by atoms with van der Waals surface area (Å²) in [4.78, 5) is 12.2. The first-order chi connectivity index (χ1) is 13.8. The number of allylic oxidation sites excluding steroid dienone is 1. The third-order valence-electron chi connectivity index (χ3n) is 3.93. The van der Waals surface area contributed by atoms with Gasteiger partial charge in [0, 0.05) is 11.6 Å². The first kappa shape index (κ1) is 22.4. The Kier molecular flexibility index (Phi) is 8.17. The maximum Gasteiger partial charge on any atom is 0.262 e. The highest BCUT2D eigenvalue weighted by Crippen LogP contribution is 2.33. The molecule has 0 heterocycles. The zero-order chi connectivity index (χ0) is 21.4. The largest absolute Gasteiger partial charge is 0.487 e. The Morgan fingerprint density at radius 2 is 2.07 bits per heavy atom. The van der Waals surface area contributed by atoms with Gasteiger partial charge in [-0.25, -0.2) is 4.39 Å². The molecule has 0 saturated carbocycles. The normalized spacial score (nSPS) is 11.1. The van der Waals surface area contributed by atoms with Gasteiger partial charge in [-0.05, 0) is 71.6 Å². The number of nitrogens with one attached hydrogen (secondary N) is 1. The van der Waals surface area contributed by atoms with Crippen LogP contribution < -0.4 is 10.1 Å². The van der Waals surface area contributed by atoms with Crippen LogP contribution in [-0.4, -0.2) is 11.9 Å². The fourth-order valence-electron chi connectivity index (χ4n) is 2.65. The molecule has 4 nitrogen and oxygen atoms in total. The van der Waals surface area contributed by atoms with Gasteiger partial charge in [-0.1, -0.05) is 24.3 Å². The molecule has 6 heteroatoms. The van der Waals surface area contributed by atoms with Crippen LogP contribution in [0.25, 0.3) is 6.08 Å². The Hall–Kier alpha value is -2.91. The Morgan fingerprint density at radius 1 is 1.34 bits per heavy atom. The van der Waals surface area contributed by atoms with Crippen molar-refractivity contribution in [1.29, 1.82) is 5.26 Å². The average Bonchev–Trinajstić information content (AvgIpc) is 2.66. The fourth-order valence-corrected chi connectivity index (χ4v) is 3.28. The minimum atomic E-state index is -0.427. The number of nitriles is 1. The van der Waals surface area contributed by atoms with Crippen molar-refractivity contribution in [2.75, 3.05) is 0 Å². The first-order valence-corrected chi connectivity index (χ1v) is 9.87. The fraction of sp³-hybridized carbons (Fsp3) is 0.217. The molecule has 0 aliphatic carbocycles. The smallest absolute Gasteiger partial charge is 0.262 e. The van der Waals surface area contributed by atoms with Crippen molar-refractivity contribution in [3.63, 3.8) is 0 Å². The molecule has 0 aromatic heterocycles. The van der Waals surface area contributed by atoms with Gasteiger partial charge in [0.15, 0.2) is 0 Å². The second kappa shape index (κ2) is 10.6. The number of hydrogen-bond donors (Lipinski definition) is 1. The van der Waals surface area contributed by atoms with Crippen molar-refractivity contribution in [1.82, 2.24) is 5.32 Å². The van der Waals surface area contributed by atoms with Gasteiger partial charge in [0.25, 0.3) is 5.91 Å². The monoisotopic (exact) mass is 456 g/mol. The van der Waals surface area contributed by atoms with E-state index < -0.39 is 5.91 Å². The third kappa shape index (κ3) is 6.30. The summed E-state index contributed by atoms with van der Waals surface area (Å²) in [7, 11) is 0. The molecule has 0 aliphatic rings. The number of nitrogens with zero attached hydrogens (tertiary/aromatic N) is 1. The Morgan fingerprint density at radius 3 is 2.69 bits per heavy atom. The summed E-state index contributed by atoms with van der Waals surface area (Å²) < 4.78 is 20.4. The van der Waals surface area contributed by atoms with Crippen LogP contribution in [0.5, 0.6) is 5.75 Å². The minimum Gasteiger partial charge on any atom is -0.487 e. The van der Waals surface area contributed by atoms with Crippen LogP contribution in [0.15, 0.2) is 59.1 Å². The number of ether oxygens (including phenoxy) is 1. The molecule has 0 aliphatic heterocycles. The van der Waals surface area contributed by atoms with Crippen LogP contribution in [-0.2, 0) is 17.8 Å². The number of amides is 1. The predicted molar refractivity (Wildman–Crippen MR) is 116 cm³/mol. The number of carbonyl (C=O) groups excluding carboxylic acids is 1. The Bertz CT molecular complexity index is 977. The van der Waals surface area contributed by atoms with Gasteiger partial charge >= 0.3 is 0 Å². The molecule has 0 unspecified atom stereocenters. The van der Waals surface area contributed by atoms with E-state index in [0.717, 1.165) is 5.56 Å². The number of hydrogen-bond acceptors (Lipinski definition) is 3. The van der Waals surface area contributed by atoms with E-state index in [1.165, 1.54) is 12.1 Å². The van der Waals surface area contributed by atoms with E-state index >= 15 is 0 Å². The predicted octanol–water partition coefficient (Wildman–Crippen LogP) is 5.33. The lowest BCUT2D eigenvalue weighted by Crippen LogP contribution is -2.30. The van der Waals surface area contributed by atoms with Crippen molar-refractivity contribution in [2.45, 2.75) is 32.9 Å². The summed E-state index contributed by atoms with van der Waals surface area (Å²) in [6.45, 7) is 7.49. The van der Waals surface area contributed by atoms with Crippen LogP contribution >= 0.6 is 15.9 Å². The standard InChI is InChI=1S/C23H22BrFN2O2/c1-4-7-17-10-16(11-19(13-26)23(28)27-15(2)3)12-20(24)22(17)29-14-18-8-5-6-9-21(18)25/h4-6,8-12,15H,1,7,14H2,2-3H3,(H,27,28)/b19-11-. The van der Waals surface area contributed by atoms with Gasteiger partial charge < -0.3 is 10.1 Å².